The molecule has 6 N–H and O–H groups in total. The third-order valence-electron chi connectivity index (χ3n) is 6.00. The van der Waals surface area contributed by atoms with Gasteiger partial charge in [-0.1, -0.05) is 25.4 Å². The van der Waals surface area contributed by atoms with Crippen LogP contribution < -0.4 is 22.3 Å². The lowest BCUT2D eigenvalue weighted by atomic mass is 10.1. The molecule has 1 unspecified atom stereocenters. The van der Waals surface area contributed by atoms with E-state index in [0.717, 1.165) is 41.1 Å². The molecule has 0 aliphatic carbocycles. The fraction of sp³-hybridized carbons (Fsp3) is 0.310. The average molecular weight is 580 g/mol. The molecule has 4 aromatic rings. The average Bonchev–Trinajstić information content (AvgIpc) is 3.00. The monoisotopic (exact) mass is 579 g/mol. The number of hydrazine groups is 1. The number of halogens is 1. The minimum Gasteiger partial charge on any atom is -0.382 e. The number of fused-ring (bicyclic) bond motifs is 1. The van der Waals surface area contributed by atoms with Crippen LogP contribution in [0.3, 0.4) is 0 Å². The number of carbonyl (C=O) groups excluding carboxylic acids is 2. The number of aromatic nitrogens is 4. The molecule has 0 radical (unpaired) electrons. The van der Waals surface area contributed by atoms with Gasteiger partial charge in [-0.2, -0.15) is 0 Å². The van der Waals surface area contributed by atoms with Gasteiger partial charge in [-0.05, 0) is 75.8 Å². The summed E-state index contributed by atoms with van der Waals surface area (Å²) in [6.07, 6.45) is 11.5. The Bertz CT molecular complexity index is 1340. The number of hydrogen-bond acceptors (Lipinski definition) is 9. The van der Waals surface area contributed by atoms with Gasteiger partial charge < -0.3 is 16.0 Å². The summed E-state index contributed by atoms with van der Waals surface area (Å²) in [4.78, 5) is 39.0. The van der Waals surface area contributed by atoms with E-state index in [1.165, 1.54) is 43.9 Å². The van der Waals surface area contributed by atoms with Crippen molar-refractivity contribution in [2.24, 2.45) is 11.6 Å². The fourth-order valence-electron chi connectivity index (χ4n) is 3.76. The van der Waals surface area contributed by atoms with Crippen LogP contribution >= 0.6 is 11.6 Å². The van der Waals surface area contributed by atoms with Crippen molar-refractivity contribution in [2.75, 3.05) is 25.0 Å². The summed E-state index contributed by atoms with van der Waals surface area (Å²) in [5.74, 6) is 4.03. The first-order valence-electron chi connectivity index (χ1n) is 13.3. The second kappa shape index (κ2) is 18.2. The summed E-state index contributed by atoms with van der Waals surface area (Å²) < 4.78 is 0. The third kappa shape index (κ3) is 11.8. The summed E-state index contributed by atoms with van der Waals surface area (Å²) >= 11 is 6.04. The summed E-state index contributed by atoms with van der Waals surface area (Å²) in [5.41, 5.74) is 9.66. The van der Waals surface area contributed by atoms with E-state index in [4.69, 9.17) is 23.2 Å². The molecule has 0 saturated carbocycles. The third-order valence-corrected chi connectivity index (χ3v) is 6.24. The SMILES string of the molecule is CCN(CC)CCCC(C)Nc1ccnc2cc(Cl)ccc12.NC(=O)c1cnccn1.NNC(=O)c1ccncc1. The highest BCUT2D eigenvalue weighted by atomic mass is 35.5. The van der Waals surface area contributed by atoms with E-state index < -0.39 is 5.91 Å². The van der Waals surface area contributed by atoms with E-state index in [9.17, 15) is 9.59 Å². The van der Waals surface area contributed by atoms with Crippen molar-refractivity contribution in [1.29, 1.82) is 0 Å². The number of carbonyl (C=O) groups is 2. The van der Waals surface area contributed by atoms with Crippen molar-refractivity contribution in [3.63, 3.8) is 0 Å². The van der Waals surface area contributed by atoms with Gasteiger partial charge in [-0.25, -0.2) is 10.8 Å². The van der Waals surface area contributed by atoms with E-state index in [2.05, 4.69) is 50.9 Å². The summed E-state index contributed by atoms with van der Waals surface area (Å²) in [6.45, 7) is 10.1. The van der Waals surface area contributed by atoms with Crippen molar-refractivity contribution in [3.8, 4) is 0 Å². The van der Waals surface area contributed by atoms with Crippen LogP contribution in [0.25, 0.3) is 10.9 Å². The van der Waals surface area contributed by atoms with Crippen molar-refractivity contribution in [3.05, 3.63) is 89.9 Å². The molecule has 2 amide bonds. The number of pyridine rings is 2. The maximum absolute atomic E-state index is 10.7. The number of primary amides is 1. The normalized spacial score (nSPS) is 11.0. The van der Waals surface area contributed by atoms with Crippen molar-refractivity contribution >= 4 is 40.0 Å². The number of benzene rings is 1. The van der Waals surface area contributed by atoms with Gasteiger partial charge in [-0.15, -0.1) is 0 Å². The number of nitrogens with one attached hydrogen (secondary N) is 2. The van der Waals surface area contributed by atoms with E-state index in [-0.39, 0.29) is 11.6 Å². The molecule has 218 valence electrons. The number of anilines is 1. The predicted molar refractivity (Wildman–Crippen MR) is 163 cm³/mol. The molecule has 3 aromatic heterocycles. The van der Waals surface area contributed by atoms with Gasteiger partial charge in [0, 0.05) is 58.7 Å². The fourth-order valence-corrected chi connectivity index (χ4v) is 3.92. The molecule has 4 rings (SSSR count). The molecule has 11 nitrogen and oxygen atoms in total. The molecule has 3 heterocycles. The molecule has 12 heteroatoms. The Morgan fingerprint density at radius 1 is 0.976 bits per heavy atom. The first-order chi connectivity index (χ1) is 19.8. The standard InChI is InChI=1S/C18H26ClN3.C6H7N3O.C5H5N3O/c1-4-22(5-2)12-6-7-14(3)21-17-10-11-20-18-13-15(19)8-9-16(17)18;7-9-6(10)5-1-3-8-4-2-5;6-5(9)4-3-7-1-2-8-4/h8-11,13-14H,4-7,12H2,1-3H3,(H,20,21);1-4H,7H2,(H,9,10);1-3H,(H2,6,9). The minimum atomic E-state index is -0.553. The van der Waals surface area contributed by atoms with Crippen LogP contribution in [0.15, 0.2) is 73.6 Å². The lowest BCUT2D eigenvalue weighted by Gasteiger charge is -2.20. The molecule has 41 heavy (non-hydrogen) atoms. The topological polar surface area (TPSA) is 165 Å². The van der Waals surface area contributed by atoms with E-state index in [1.807, 2.05) is 35.9 Å². The van der Waals surface area contributed by atoms with E-state index in [1.54, 1.807) is 12.1 Å². The van der Waals surface area contributed by atoms with Gasteiger partial charge in [-0.3, -0.25) is 30.0 Å². The number of amides is 2. The van der Waals surface area contributed by atoms with Crippen LogP contribution in [-0.4, -0.2) is 62.3 Å². The highest BCUT2D eigenvalue weighted by Crippen LogP contribution is 2.25. The molecule has 0 spiro atoms. The highest BCUT2D eigenvalue weighted by molar-refractivity contribution is 6.31. The minimum absolute atomic E-state index is 0.192. The summed E-state index contributed by atoms with van der Waals surface area (Å²) in [5, 5.41) is 5.47. The van der Waals surface area contributed by atoms with Crippen LogP contribution in [0.1, 0.15) is 54.5 Å². The quantitative estimate of drug-likeness (QED) is 0.123. The Morgan fingerprint density at radius 3 is 2.29 bits per heavy atom. The molecule has 0 bridgehead atoms. The van der Waals surface area contributed by atoms with Crippen molar-refractivity contribution in [1.82, 2.24) is 30.3 Å². The first kappa shape index (κ1) is 33.0. The van der Waals surface area contributed by atoms with Gasteiger partial charge >= 0.3 is 0 Å². The van der Waals surface area contributed by atoms with Crippen LogP contribution in [0.4, 0.5) is 5.69 Å². The van der Waals surface area contributed by atoms with Crippen LogP contribution in [0.5, 0.6) is 0 Å². The largest absolute Gasteiger partial charge is 0.382 e. The highest BCUT2D eigenvalue weighted by Gasteiger charge is 2.08. The van der Waals surface area contributed by atoms with Crippen LogP contribution in [0, 0.1) is 0 Å². The zero-order chi connectivity index (χ0) is 30.0. The van der Waals surface area contributed by atoms with Gasteiger partial charge in [0.2, 0.25) is 0 Å². The molecule has 0 fully saturated rings. The molecule has 0 saturated heterocycles. The lowest BCUT2D eigenvalue weighted by molar-refractivity contribution is 0.0952. The molecular weight excluding hydrogens is 542 g/mol. The number of nitrogens with two attached hydrogens (primary N) is 2. The van der Waals surface area contributed by atoms with E-state index >= 15 is 0 Å². The Hall–Kier alpha value is -4.19. The summed E-state index contributed by atoms with van der Waals surface area (Å²) in [6, 6.07) is 11.5. The number of rotatable bonds is 10. The first-order valence-corrected chi connectivity index (χ1v) is 13.7. The second-order valence-electron chi connectivity index (χ2n) is 8.90. The predicted octanol–water partition coefficient (Wildman–Crippen LogP) is 4.07. The Kier molecular flexibility index (Phi) is 14.7. The van der Waals surface area contributed by atoms with Gasteiger partial charge in [0.25, 0.3) is 11.8 Å². The number of nitrogens with zero attached hydrogens (tertiary/aromatic N) is 5. The Morgan fingerprint density at radius 2 is 1.71 bits per heavy atom. The zero-order valence-electron chi connectivity index (χ0n) is 23.6. The maximum atomic E-state index is 10.7. The number of hydrogen-bond donors (Lipinski definition) is 4. The van der Waals surface area contributed by atoms with Gasteiger partial charge in [0.1, 0.15) is 5.69 Å². The van der Waals surface area contributed by atoms with Crippen molar-refractivity contribution < 1.29 is 9.59 Å². The number of nitrogen functional groups attached to an aromatic ring is 1. The van der Waals surface area contributed by atoms with E-state index in [0.29, 0.717) is 11.6 Å². The Labute approximate surface area is 245 Å². The second-order valence-corrected chi connectivity index (χ2v) is 9.34. The molecule has 0 aliphatic rings. The molecule has 0 aliphatic heterocycles. The van der Waals surface area contributed by atoms with Gasteiger partial charge in [0.15, 0.2) is 0 Å². The van der Waals surface area contributed by atoms with Gasteiger partial charge in [0.05, 0.1) is 11.7 Å². The zero-order valence-corrected chi connectivity index (χ0v) is 24.4. The maximum Gasteiger partial charge on any atom is 0.268 e. The molecule has 1 atom stereocenters. The smallest absolute Gasteiger partial charge is 0.268 e. The van der Waals surface area contributed by atoms with Crippen LogP contribution in [-0.2, 0) is 0 Å². The molecule has 1 aromatic carbocycles. The molecular formula is C29H38ClN9O2. The van der Waals surface area contributed by atoms with Crippen molar-refractivity contribution in [2.45, 2.75) is 39.7 Å². The van der Waals surface area contributed by atoms with Crippen LogP contribution in [0.2, 0.25) is 5.02 Å². The Balaban J connectivity index is 0.000000254. The summed E-state index contributed by atoms with van der Waals surface area (Å²) in [7, 11) is 0. The lowest BCUT2D eigenvalue weighted by Crippen LogP contribution is -2.29.